The van der Waals surface area contributed by atoms with Crippen molar-refractivity contribution in [2.24, 2.45) is 5.92 Å². The molecule has 2 atom stereocenters. The highest BCUT2D eigenvalue weighted by molar-refractivity contribution is 5.64. The van der Waals surface area contributed by atoms with Crippen molar-refractivity contribution in [1.29, 1.82) is 0 Å². The molecule has 0 amide bonds. The standard InChI is InChI=1S/C12H22O2/c1-4-5-6-9-12(14-3)11(2)8-7-10-13/h7-8,10-12H,4-6,9H2,1-3H3. The Morgan fingerprint density at radius 3 is 2.57 bits per heavy atom. The van der Waals surface area contributed by atoms with Crippen LogP contribution in [0.25, 0.3) is 0 Å². The molecule has 2 nitrogen and oxygen atoms in total. The lowest BCUT2D eigenvalue weighted by Crippen LogP contribution is -2.18. The van der Waals surface area contributed by atoms with E-state index in [0.29, 0.717) is 5.92 Å². The zero-order valence-electron chi connectivity index (χ0n) is 9.53. The second-order valence-electron chi connectivity index (χ2n) is 3.65. The zero-order chi connectivity index (χ0) is 10.8. The van der Waals surface area contributed by atoms with Crippen LogP contribution >= 0.6 is 0 Å². The van der Waals surface area contributed by atoms with Gasteiger partial charge in [0, 0.05) is 13.0 Å². The van der Waals surface area contributed by atoms with Crippen LogP contribution in [0.5, 0.6) is 0 Å². The molecule has 0 aromatic rings. The summed E-state index contributed by atoms with van der Waals surface area (Å²) in [6, 6.07) is 0. The smallest absolute Gasteiger partial charge is 0.142 e. The molecule has 0 aromatic carbocycles. The van der Waals surface area contributed by atoms with Gasteiger partial charge in [0.25, 0.3) is 0 Å². The highest BCUT2D eigenvalue weighted by Gasteiger charge is 2.12. The van der Waals surface area contributed by atoms with E-state index in [0.717, 1.165) is 12.7 Å². The lowest BCUT2D eigenvalue weighted by Gasteiger charge is -2.19. The van der Waals surface area contributed by atoms with Gasteiger partial charge in [-0.1, -0.05) is 39.2 Å². The Labute approximate surface area is 87.3 Å². The van der Waals surface area contributed by atoms with Gasteiger partial charge in [0.2, 0.25) is 0 Å². The minimum atomic E-state index is 0.248. The number of allylic oxidation sites excluding steroid dienone is 1. The maximum Gasteiger partial charge on any atom is 0.142 e. The van der Waals surface area contributed by atoms with E-state index in [9.17, 15) is 4.79 Å². The lowest BCUT2D eigenvalue weighted by atomic mass is 9.98. The van der Waals surface area contributed by atoms with Gasteiger partial charge >= 0.3 is 0 Å². The summed E-state index contributed by atoms with van der Waals surface area (Å²) < 4.78 is 5.39. The predicted octanol–water partition coefficient (Wildman–Crippen LogP) is 2.97. The molecule has 0 aliphatic heterocycles. The molecule has 14 heavy (non-hydrogen) atoms. The van der Waals surface area contributed by atoms with Crippen molar-refractivity contribution in [3.05, 3.63) is 12.2 Å². The van der Waals surface area contributed by atoms with Crippen LogP contribution in [0.15, 0.2) is 12.2 Å². The first kappa shape index (κ1) is 13.4. The molecule has 0 aliphatic rings. The Kier molecular flexibility index (Phi) is 8.54. The fraction of sp³-hybridized carbons (Fsp3) is 0.750. The van der Waals surface area contributed by atoms with Gasteiger partial charge in [0.1, 0.15) is 6.29 Å². The molecule has 0 saturated heterocycles. The highest BCUT2D eigenvalue weighted by atomic mass is 16.5. The Morgan fingerprint density at radius 1 is 1.36 bits per heavy atom. The normalized spacial score (nSPS) is 15.6. The quantitative estimate of drug-likeness (QED) is 0.340. The molecule has 0 rings (SSSR count). The molecule has 0 N–H and O–H groups in total. The zero-order valence-corrected chi connectivity index (χ0v) is 9.53. The molecule has 2 heteroatoms. The van der Waals surface area contributed by atoms with E-state index in [1.165, 1.54) is 19.3 Å². The highest BCUT2D eigenvalue weighted by Crippen LogP contribution is 2.15. The molecular formula is C12H22O2. The van der Waals surface area contributed by atoms with Crippen LogP contribution in [-0.4, -0.2) is 19.5 Å². The number of aldehydes is 1. The maximum atomic E-state index is 10.2. The van der Waals surface area contributed by atoms with Crippen molar-refractivity contribution in [2.45, 2.75) is 45.6 Å². The largest absolute Gasteiger partial charge is 0.381 e. The van der Waals surface area contributed by atoms with Crippen molar-refractivity contribution in [3.8, 4) is 0 Å². The van der Waals surface area contributed by atoms with Gasteiger partial charge in [-0.25, -0.2) is 0 Å². The Bertz CT molecular complexity index is 164. The van der Waals surface area contributed by atoms with Gasteiger partial charge in [0.05, 0.1) is 6.10 Å². The van der Waals surface area contributed by atoms with Crippen molar-refractivity contribution in [1.82, 2.24) is 0 Å². The summed E-state index contributed by atoms with van der Waals surface area (Å²) in [5.74, 6) is 0.321. The average molecular weight is 198 g/mol. The summed E-state index contributed by atoms with van der Waals surface area (Å²) in [6.07, 6.45) is 9.29. The first-order valence-corrected chi connectivity index (χ1v) is 5.41. The third-order valence-corrected chi connectivity index (χ3v) is 2.47. The van der Waals surface area contributed by atoms with Gasteiger partial charge < -0.3 is 4.74 Å². The van der Waals surface area contributed by atoms with Gasteiger partial charge in [-0.15, -0.1) is 0 Å². The Morgan fingerprint density at radius 2 is 2.07 bits per heavy atom. The number of hydrogen-bond acceptors (Lipinski definition) is 2. The molecule has 0 aromatic heterocycles. The topological polar surface area (TPSA) is 26.3 Å². The molecule has 0 radical (unpaired) electrons. The van der Waals surface area contributed by atoms with Crippen LogP contribution in [0.4, 0.5) is 0 Å². The Balaban J connectivity index is 3.85. The van der Waals surface area contributed by atoms with Crippen LogP contribution in [0, 0.1) is 5.92 Å². The molecule has 0 heterocycles. The molecule has 0 saturated carbocycles. The molecule has 0 aliphatic carbocycles. The lowest BCUT2D eigenvalue weighted by molar-refractivity contribution is -0.104. The molecule has 0 spiro atoms. The first-order valence-electron chi connectivity index (χ1n) is 5.41. The SMILES string of the molecule is CCCCCC(OC)C(C)C=CC=O. The number of ether oxygens (including phenoxy) is 1. The monoisotopic (exact) mass is 198 g/mol. The maximum absolute atomic E-state index is 10.2. The van der Waals surface area contributed by atoms with Crippen LogP contribution in [0.3, 0.4) is 0 Å². The van der Waals surface area contributed by atoms with Gasteiger partial charge in [-0.3, -0.25) is 4.79 Å². The summed E-state index contributed by atoms with van der Waals surface area (Å²) in [5.41, 5.74) is 0. The van der Waals surface area contributed by atoms with E-state index >= 15 is 0 Å². The number of rotatable bonds is 8. The number of unbranched alkanes of at least 4 members (excludes halogenated alkanes) is 2. The fourth-order valence-corrected chi connectivity index (χ4v) is 1.54. The van der Waals surface area contributed by atoms with Crippen molar-refractivity contribution < 1.29 is 9.53 Å². The number of carbonyl (C=O) groups is 1. The van der Waals surface area contributed by atoms with Crippen LogP contribution in [0.2, 0.25) is 0 Å². The minimum absolute atomic E-state index is 0.248. The number of hydrogen-bond donors (Lipinski definition) is 0. The van der Waals surface area contributed by atoms with Gasteiger partial charge in [-0.2, -0.15) is 0 Å². The summed E-state index contributed by atoms with van der Waals surface area (Å²) in [5, 5.41) is 0. The van der Waals surface area contributed by atoms with Gasteiger partial charge in [-0.05, 0) is 12.5 Å². The van der Waals surface area contributed by atoms with E-state index in [1.807, 2.05) is 6.08 Å². The van der Waals surface area contributed by atoms with Crippen LogP contribution in [0.1, 0.15) is 39.5 Å². The van der Waals surface area contributed by atoms with E-state index in [4.69, 9.17) is 4.74 Å². The van der Waals surface area contributed by atoms with E-state index < -0.39 is 0 Å². The summed E-state index contributed by atoms with van der Waals surface area (Å²) in [7, 11) is 1.74. The summed E-state index contributed by atoms with van der Waals surface area (Å²) in [6.45, 7) is 4.28. The fourth-order valence-electron chi connectivity index (χ4n) is 1.54. The summed E-state index contributed by atoms with van der Waals surface area (Å²) >= 11 is 0. The van der Waals surface area contributed by atoms with Crippen molar-refractivity contribution in [3.63, 3.8) is 0 Å². The molecular weight excluding hydrogens is 176 g/mol. The number of carbonyl (C=O) groups excluding carboxylic acids is 1. The molecule has 0 bridgehead atoms. The van der Waals surface area contributed by atoms with Crippen molar-refractivity contribution >= 4 is 6.29 Å². The minimum Gasteiger partial charge on any atom is -0.381 e. The second-order valence-corrected chi connectivity index (χ2v) is 3.65. The van der Waals surface area contributed by atoms with E-state index in [2.05, 4.69) is 13.8 Å². The van der Waals surface area contributed by atoms with Gasteiger partial charge in [0.15, 0.2) is 0 Å². The number of methoxy groups -OCH3 is 1. The third kappa shape index (κ3) is 5.92. The molecule has 0 fully saturated rings. The summed E-state index contributed by atoms with van der Waals surface area (Å²) in [4.78, 5) is 10.2. The molecule has 2 unspecified atom stereocenters. The first-order chi connectivity index (χ1) is 6.76. The van der Waals surface area contributed by atoms with Crippen LogP contribution < -0.4 is 0 Å². The molecule has 82 valence electrons. The third-order valence-electron chi connectivity index (χ3n) is 2.47. The van der Waals surface area contributed by atoms with E-state index in [1.54, 1.807) is 13.2 Å². The van der Waals surface area contributed by atoms with Crippen molar-refractivity contribution in [2.75, 3.05) is 7.11 Å². The average Bonchev–Trinajstić information content (AvgIpc) is 2.21. The predicted molar refractivity (Wildman–Crippen MR) is 59.3 cm³/mol. The van der Waals surface area contributed by atoms with Crippen LogP contribution in [-0.2, 0) is 9.53 Å². The second kappa shape index (κ2) is 8.95. The van der Waals surface area contributed by atoms with E-state index in [-0.39, 0.29) is 6.10 Å². The Hall–Kier alpha value is -0.630.